The van der Waals surface area contributed by atoms with E-state index in [1.54, 1.807) is 24.3 Å². The standard InChI is InChI=1S/C23H24F3N5O3/c1-13(2)19(21(32)34-3)31-20-14-8-4-6-10-16(14)28-18(30-20)12-27-22(33)29-17-11-7-5-9-15(17)23(24,25)26/h4-11,13,19H,12H2,1-3H3,(H2,27,29,33)(H,28,30,31)/t19-/m0/s1. The highest BCUT2D eigenvalue weighted by atomic mass is 19.4. The molecule has 0 saturated carbocycles. The average molecular weight is 475 g/mol. The molecule has 1 heterocycles. The van der Waals surface area contributed by atoms with Crippen molar-refractivity contribution in [1.29, 1.82) is 0 Å². The SMILES string of the molecule is COC(=O)[C@@H](Nc1nc(CNC(=O)Nc2ccccc2C(F)(F)F)nc2ccccc12)C(C)C. The first-order valence-electron chi connectivity index (χ1n) is 10.4. The van der Waals surface area contributed by atoms with E-state index in [-0.39, 0.29) is 24.0 Å². The summed E-state index contributed by atoms with van der Waals surface area (Å²) in [5.41, 5.74) is -0.764. The van der Waals surface area contributed by atoms with Gasteiger partial charge in [-0.2, -0.15) is 13.2 Å². The molecular weight excluding hydrogens is 451 g/mol. The molecule has 0 fully saturated rings. The van der Waals surface area contributed by atoms with Crippen molar-refractivity contribution in [2.45, 2.75) is 32.6 Å². The number of hydrogen-bond donors (Lipinski definition) is 3. The molecule has 2 amide bonds. The molecule has 180 valence electrons. The number of nitrogens with zero attached hydrogens (tertiary/aromatic N) is 2. The summed E-state index contributed by atoms with van der Waals surface area (Å²) in [5.74, 6) is 0.00413. The maximum absolute atomic E-state index is 13.2. The number of hydrogen-bond acceptors (Lipinski definition) is 6. The fourth-order valence-electron chi connectivity index (χ4n) is 3.25. The van der Waals surface area contributed by atoms with Crippen molar-refractivity contribution < 1.29 is 27.5 Å². The van der Waals surface area contributed by atoms with Crippen molar-refractivity contribution in [2.75, 3.05) is 17.7 Å². The van der Waals surface area contributed by atoms with Crippen LogP contribution in [0.1, 0.15) is 25.2 Å². The summed E-state index contributed by atoms with van der Waals surface area (Å²) in [6.45, 7) is 3.54. The summed E-state index contributed by atoms with van der Waals surface area (Å²) in [6, 6.07) is 10.2. The van der Waals surface area contributed by atoms with Gasteiger partial charge in [0.15, 0.2) is 5.82 Å². The largest absolute Gasteiger partial charge is 0.467 e. The highest BCUT2D eigenvalue weighted by Gasteiger charge is 2.33. The van der Waals surface area contributed by atoms with Gasteiger partial charge in [0.25, 0.3) is 0 Å². The van der Waals surface area contributed by atoms with E-state index in [1.165, 1.54) is 19.2 Å². The van der Waals surface area contributed by atoms with Gasteiger partial charge in [-0.3, -0.25) is 0 Å². The molecule has 34 heavy (non-hydrogen) atoms. The molecule has 0 saturated heterocycles. The number of nitrogens with one attached hydrogen (secondary N) is 3. The lowest BCUT2D eigenvalue weighted by Gasteiger charge is -2.21. The summed E-state index contributed by atoms with van der Waals surface area (Å²) in [6.07, 6.45) is -4.61. The normalized spacial score (nSPS) is 12.3. The third-order valence-electron chi connectivity index (χ3n) is 4.95. The minimum Gasteiger partial charge on any atom is -0.467 e. The van der Waals surface area contributed by atoms with Crippen molar-refractivity contribution in [3.8, 4) is 0 Å². The number of amides is 2. The Labute approximate surface area is 193 Å². The molecule has 3 aromatic rings. The number of urea groups is 1. The van der Waals surface area contributed by atoms with Gasteiger partial charge in [-0.15, -0.1) is 0 Å². The van der Waals surface area contributed by atoms with Gasteiger partial charge in [0.2, 0.25) is 0 Å². The molecule has 0 aliphatic rings. The van der Waals surface area contributed by atoms with Crippen LogP contribution in [0.15, 0.2) is 48.5 Å². The summed E-state index contributed by atoms with van der Waals surface area (Å²) in [7, 11) is 1.29. The summed E-state index contributed by atoms with van der Waals surface area (Å²) in [4.78, 5) is 33.3. The summed E-state index contributed by atoms with van der Waals surface area (Å²) in [5, 5.41) is 8.41. The molecule has 3 rings (SSSR count). The maximum atomic E-state index is 13.2. The predicted octanol–water partition coefficient (Wildman–Crippen LogP) is 4.58. The van der Waals surface area contributed by atoms with E-state index < -0.39 is 29.8 Å². The van der Waals surface area contributed by atoms with E-state index in [9.17, 15) is 22.8 Å². The second kappa shape index (κ2) is 10.4. The van der Waals surface area contributed by atoms with Crippen molar-refractivity contribution in [3.63, 3.8) is 0 Å². The van der Waals surface area contributed by atoms with Crippen LogP contribution in [0.25, 0.3) is 10.9 Å². The second-order valence-corrected chi connectivity index (χ2v) is 7.75. The van der Waals surface area contributed by atoms with E-state index in [0.29, 0.717) is 16.7 Å². The summed E-state index contributed by atoms with van der Waals surface area (Å²) >= 11 is 0. The number of carbonyl (C=O) groups is 2. The first-order chi connectivity index (χ1) is 16.1. The highest BCUT2D eigenvalue weighted by Crippen LogP contribution is 2.34. The molecule has 11 heteroatoms. The number of benzene rings is 2. The van der Waals surface area contributed by atoms with Crippen LogP contribution in [0.3, 0.4) is 0 Å². The lowest BCUT2D eigenvalue weighted by atomic mass is 10.0. The Hall–Kier alpha value is -3.89. The van der Waals surface area contributed by atoms with Gasteiger partial charge < -0.3 is 20.7 Å². The number of aromatic nitrogens is 2. The maximum Gasteiger partial charge on any atom is 0.418 e. The number of anilines is 2. The van der Waals surface area contributed by atoms with Crippen molar-refractivity contribution in [3.05, 3.63) is 59.9 Å². The Bertz CT molecular complexity index is 1180. The minimum atomic E-state index is -4.61. The van der Waals surface area contributed by atoms with E-state index in [2.05, 4.69) is 25.9 Å². The van der Waals surface area contributed by atoms with Crippen LogP contribution in [0, 0.1) is 5.92 Å². The molecule has 0 bridgehead atoms. The van der Waals surface area contributed by atoms with Crippen molar-refractivity contribution >= 4 is 34.4 Å². The number of carbonyl (C=O) groups excluding carboxylic acids is 2. The summed E-state index contributed by atoms with van der Waals surface area (Å²) < 4.78 is 44.3. The molecule has 0 aliphatic carbocycles. The Balaban J connectivity index is 1.81. The smallest absolute Gasteiger partial charge is 0.418 e. The fourth-order valence-corrected chi connectivity index (χ4v) is 3.25. The highest BCUT2D eigenvalue weighted by molar-refractivity contribution is 5.92. The quantitative estimate of drug-likeness (QED) is 0.432. The van der Waals surface area contributed by atoms with Gasteiger partial charge >= 0.3 is 18.2 Å². The van der Waals surface area contributed by atoms with E-state index in [1.807, 2.05) is 13.8 Å². The van der Waals surface area contributed by atoms with Crippen LogP contribution >= 0.6 is 0 Å². The molecular formula is C23H24F3N5O3. The lowest BCUT2D eigenvalue weighted by molar-refractivity contribution is -0.142. The van der Waals surface area contributed by atoms with E-state index >= 15 is 0 Å². The van der Waals surface area contributed by atoms with E-state index in [0.717, 1.165) is 12.1 Å². The van der Waals surface area contributed by atoms with Crippen LogP contribution in [-0.2, 0) is 22.3 Å². The molecule has 1 atom stereocenters. The molecule has 0 radical (unpaired) electrons. The van der Waals surface area contributed by atoms with Crippen LogP contribution in [0.5, 0.6) is 0 Å². The monoisotopic (exact) mass is 475 g/mol. The zero-order valence-electron chi connectivity index (χ0n) is 18.7. The number of methoxy groups -OCH3 is 1. The van der Waals surface area contributed by atoms with Gasteiger partial charge in [0.05, 0.1) is 30.4 Å². The molecule has 2 aromatic carbocycles. The third kappa shape index (κ3) is 5.91. The molecule has 0 unspecified atom stereocenters. The van der Waals surface area contributed by atoms with Crippen LogP contribution in [0.4, 0.5) is 29.5 Å². The Morgan fingerprint density at radius 3 is 2.38 bits per heavy atom. The third-order valence-corrected chi connectivity index (χ3v) is 4.95. The zero-order valence-corrected chi connectivity index (χ0v) is 18.7. The first kappa shape index (κ1) is 24.7. The van der Waals surface area contributed by atoms with Crippen molar-refractivity contribution in [2.24, 2.45) is 5.92 Å². The van der Waals surface area contributed by atoms with Crippen LogP contribution in [-0.4, -0.2) is 35.1 Å². The van der Waals surface area contributed by atoms with Crippen molar-refractivity contribution in [1.82, 2.24) is 15.3 Å². The lowest BCUT2D eigenvalue weighted by Crippen LogP contribution is -2.36. The molecule has 0 spiro atoms. The number of alkyl halides is 3. The Kier molecular flexibility index (Phi) is 7.54. The Morgan fingerprint density at radius 1 is 1.03 bits per heavy atom. The average Bonchev–Trinajstić information content (AvgIpc) is 2.80. The molecule has 1 aromatic heterocycles. The van der Waals surface area contributed by atoms with Gasteiger partial charge in [0.1, 0.15) is 11.9 Å². The van der Waals surface area contributed by atoms with Gasteiger partial charge in [0, 0.05) is 5.39 Å². The minimum absolute atomic E-state index is 0.109. The van der Waals surface area contributed by atoms with Crippen LogP contribution < -0.4 is 16.0 Å². The second-order valence-electron chi connectivity index (χ2n) is 7.75. The predicted molar refractivity (Wildman–Crippen MR) is 121 cm³/mol. The molecule has 8 nitrogen and oxygen atoms in total. The molecule has 3 N–H and O–H groups in total. The van der Waals surface area contributed by atoms with E-state index in [4.69, 9.17) is 4.74 Å². The number of esters is 1. The Morgan fingerprint density at radius 2 is 1.71 bits per heavy atom. The van der Waals surface area contributed by atoms with Gasteiger partial charge in [-0.25, -0.2) is 19.6 Å². The number of rotatable bonds is 7. The number of halogens is 3. The van der Waals surface area contributed by atoms with Gasteiger partial charge in [-0.1, -0.05) is 38.1 Å². The topological polar surface area (TPSA) is 105 Å². The molecule has 0 aliphatic heterocycles. The fraction of sp³-hybridized carbons (Fsp3) is 0.304. The first-order valence-corrected chi connectivity index (χ1v) is 10.4. The number of para-hydroxylation sites is 2. The zero-order chi connectivity index (χ0) is 24.9. The van der Waals surface area contributed by atoms with Crippen LogP contribution in [0.2, 0.25) is 0 Å². The number of ether oxygens (including phenoxy) is 1. The van der Waals surface area contributed by atoms with Gasteiger partial charge in [-0.05, 0) is 30.2 Å². The number of fused-ring (bicyclic) bond motifs is 1.